The molecule has 0 bridgehead atoms. The highest BCUT2D eigenvalue weighted by Gasteiger charge is 2.49. The summed E-state index contributed by atoms with van der Waals surface area (Å²) in [7, 11) is 0. The Labute approximate surface area is 160 Å². The van der Waals surface area contributed by atoms with Gasteiger partial charge in [-0.2, -0.15) is 0 Å². The first kappa shape index (κ1) is 19.7. The van der Waals surface area contributed by atoms with Crippen molar-refractivity contribution in [3.8, 4) is 5.75 Å². The maximum absolute atomic E-state index is 11.2. The summed E-state index contributed by atoms with van der Waals surface area (Å²) in [5.41, 5.74) is 1.18. The molecule has 0 radical (unpaired) electrons. The summed E-state index contributed by atoms with van der Waals surface area (Å²) in [6.07, 6.45) is 9.82. The van der Waals surface area contributed by atoms with Gasteiger partial charge in [0, 0.05) is 0 Å². The minimum atomic E-state index is -0.666. The number of hydrogen-bond donors (Lipinski definition) is 3. The lowest BCUT2D eigenvalue weighted by Crippen LogP contribution is -2.14. The van der Waals surface area contributed by atoms with Crippen LogP contribution in [0.25, 0.3) is 0 Å². The van der Waals surface area contributed by atoms with E-state index in [-0.39, 0.29) is 0 Å². The van der Waals surface area contributed by atoms with Crippen LogP contribution in [0.15, 0.2) is 18.2 Å². The van der Waals surface area contributed by atoms with Gasteiger partial charge in [-0.1, -0.05) is 25.0 Å². The third kappa shape index (κ3) is 4.63. The average molecular weight is 374 g/mol. The van der Waals surface area contributed by atoms with Gasteiger partial charge in [-0.3, -0.25) is 9.59 Å². The molecule has 3 N–H and O–H groups in total. The fraction of sp³-hybridized carbons (Fsp3) is 0.636. The molecule has 1 aromatic carbocycles. The Kier molecular flexibility index (Phi) is 5.78. The third-order valence-electron chi connectivity index (χ3n) is 6.55. The smallest absolute Gasteiger partial charge is 0.309 e. The normalized spacial score (nSPS) is 18.8. The first-order valence-electron chi connectivity index (χ1n) is 10.2. The van der Waals surface area contributed by atoms with Crippen molar-refractivity contribution in [2.24, 2.45) is 10.8 Å². The van der Waals surface area contributed by atoms with Crippen molar-refractivity contribution in [3.63, 3.8) is 0 Å². The number of unbranched alkanes of at least 4 members (excludes halogenated alkanes) is 2. The molecule has 5 nitrogen and oxygen atoms in total. The largest absolute Gasteiger partial charge is 0.508 e. The highest BCUT2D eigenvalue weighted by Crippen LogP contribution is 2.51. The summed E-state index contributed by atoms with van der Waals surface area (Å²) in [5, 5.41) is 28.7. The van der Waals surface area contributed by atoms with Crippen LogP contribution in [0.4, 0.5) is 0 Å². The van der Waals surface area contributed by atoms with Crippen LogP contribution in [0.3, 0.4) is 0 Å². The van der Waals surface area contributed by atoms with Crippen molar-refractivity contribution in [3.05, 3.63) is 29.3 Å². The molecule has 0 atom stereocenters. The second kappa shape index (κ2) is 7.91. The molecule has 0 spiro atoms. The number of aromatic hydroxyl groups is 1. The van der Waals surface area contributed by atoms with E-state index in [1.807, 2.05) is 12.1 Å². The first-order chi connectivity index (χ1) is 12.9. The molecule has 3 rings (SSSR count). The molecule has 1 aromatic rings. The Morgan fingerprint density at radius 1 is 0.815 bits per heavy atom. The summed E-state index contributed by atoms with van der Waals surface area (Å²) in [6, 6.07) is 5.61. The van der Waals surface area contributed by atoms with Gasteiger partial charge < -0.3 is 15.3 Å². The quantitative estimate of drug-likeness (QED) is 0.467. The Morgan fingerprint density at radius 2 is 1.33 bits per heavy atom. The van der Waals surface area contributed by atoms with Crippen LogP contribution < -0.4 is 0 Å². The number of rotatable bonds is 12. The lowest BCUT2D eigenvalue weighted by molar-refractivity contribution is -0.144. The van der Waals surface area contributed by atoms with Crippen LogP contribution in [0.1, 0.15) is 75.3 Å². The SMILES string of the molecule is O=C(O)C1(CCCCc2cccc(O)c2CCCCC2(C(=O)O)CC2)CC1. The minimum absolute atomic E-state index is 0.316. The number of phenols is 1. The number of aryl methyl sites for hydroxylation is 1. The second-order valence-corrected chi connectivity index (χ2v) is 8.50. The summed E-state index contributed by atoms with van der Waals surface area (Å²) in [6.45, 7) is 0. The molecule has 0 saturated heterocycles. The predicted octanol–water partition coefficient (Wildman–Crippen LogP) is 4.55. The standard InChI is InChI=1S/C22H30O5/c23-18-9-5-7-16(6-1-3-10-21(12-13-21)19(24)25)17(18)8-2-4-11-22(14-15-22)20(26)27/h5,7,9,23H,1-4,6,8,10-15H2,(H,24,25)(H,26,27). The summed E-state index contributed by atoms with van der Waals surface area (Å²) in [4.78, 5) is 22.5. The van der Waals surface area contributed by atoms with Crippen LogP contribution in [0, 0.1) is 10.8 Å². The first-order valence-corrected chi connectivity index (χ1v) is 10.2. The van der Waals surface area contributed by atoms with Crippen LogP contribution >= 0.6 is 0 Å². The molecular formula is C22H30O5. The van der Waals surface area contributed by atoms with Crippen molar-refractivity contribution < 1.29 is 24.9 Å². The van der Waals surface area contributed by atoms with Gasteiger partial charge >= 0.3 is 11.9 Å². The maximum Gasteiger partial charge on any atom is 0.309 e. The van der Waals surface area contributed by atoms with E-state index in [2.05, 4.69) is 0 Å². The van der Waals surface area contributed by atoms with Crippen molar-refractivity contribution in [2.45, 2.75) is 77.0 Å². The Balaban J connectivity index is 1.46. The monoisotopic (exact) mass is 374 g/mol. The molecular weight excluding hydrogens is 344 g/mol. The van der Waals surface area contributed by atoms with Crippen molar-refractivity contribution in [1.29, 1.82) is 0 Å². The fourth-order valence-corrected chi connectivity index (χ4v) is 4.13. The fourth-order valence-electron chi connectivity index (χ4n) is 4.13. The van der Waals surface area contributed by atoms with E-state index >= 15 is 0 Å². The number of benzene rings is 1. The molecule has 2 aliphatic rings. The Morgan fingerprint density at radius 3 is 1.81 bits per heavy atom. The van der Waals surface area contributed by atoms with E-state index in [1.165, 1.54) is 0 Å². The van der Waals surface area contributed by atoms with Crippen molar-refractivity contribution in [1.82, 2.24) is 0 Å². The molecule has 0 aromatic heterocycles. The van der Waals surface area contributed by atoms with Crippen LogP contribution in [-0.2, 0) is 22.4 Å². The van der Waals surface area contributed by atoms with E-state index in [0.29, 0.717) is 5.75 Å². The van der Waals surface area contributed by atoms with Crippen molar-refractivity contribution in [2.75, 3.05) is 0 Å². The highest BCUT2D eigenvalue weighted by molar-refractivity contribution is 5.78. The number of aliphatic carboxylic acids is 2. The van der Waals surface area contributed by atoms with E-state index in [1.54, 1.807) is 6.07 Å². The van der Waals surface area contributed by atoms with Gasteiger partial charge in [0.1, 0.15) is 5.75 Å². The molecule has 2 aliphatic carbocycles. The Hall–Kier alpha value is -2.04. The highest BCUT2D eigenvalue weighted by atomic mass is 16.4. The molecule has 2 saturated carbocycles. The van der Waals surface area contributed by atoms with E-state index in [9.17, 15) is 24.9 Å². The van der Waals surface area contributed by atoms with Gasteiger partial charge in [-0.25, -0.2) is 0 Å². The second-order valence-electron chi connectivity index (χ2n) is 8.50. The van der Waals surface area contributed by atoms with Crippen LogP contribution in [0.5, 0.6) is 5.75 Å². The Bertz CT molecular complexity index is 701. The van der Waals surface area contributed by atoms with E-state index in [4.69, 9.17) is 0 Å². The third-order valence-corrected chi connectivity index (χ3v) is 6.55. The van der Waals surface area contributed by atoms with Gasteiger partial charge in [0.25, 0.3) is 0 Å². The molecule has 0 unspecified atom stereocenters. The van der Waals surface area contributed by atoms with E-state index in [0.717, 1.165) is 88.2 Å². The summed E-state index contributed by atoms with van der Waals surface area (Å²) < 4.78 is 0. The molecule has 0 aliphatic heterocycles. The lowest BCUT2D eigenvalue weighted by Gasteiger charge is -2.14. The van der Waals surface area contributed by atoms with Gasteiger partial charge in [0.2, 0.25) is 0 Å². The van der Waals surface area contributed by atoms with Crippen LogP contribution in [-0.4, -0.2) is 27.3 Å². The van der Waals surface area contributed by atoms with Crippen LogP contribution in [0.2, 0.25) is 0 Å². The molecule has 2 fully saturated rings. The minimum Gasteiger partial charge on any atom is -0.508 e. The lowest BCUT2D eigenvalue weighted by atomic mass is 9.92. The number of carboxylic acids is 2. The molecule has 148 valence electrons. The van der Waals surface area contributed by atoms with Crippen molar-refractivity contribution >= 4 is 11.9 Å². The summed E-state index contributed by atoms with van der Waals surface area (Å²) >= 11 is 0. The molecule has 0 heterocycles. The van der Waals surface area contributed by atoms with Gasteiger partial charge in [0.15, 0.2) is 0 Å². The molecule has 5 heteroatoms. The maximum atomic E-state index is 11.2. The number of phenolic OH excluding ortho intramolecular Hbond substituents is 1. The zero-order chi connectivity index (χ0) is 19.5. The summed E-state index contributed by atoms with van der Waals surface area (Å²) in [5.74, 6) is -1.01. The molecule has 0 amide bonds. The number of hydrogen-bond acceptors (Lipinski definition) is 3. The number of carboxylic acid groups (broad SMARTS) is 2. The predicted molar refractivity (Wildman–Crippen MR) is 102 cm³/mol. The van der Waals surface area contributed by atoms with E-state index < -0.39 is 22.8 Å². The average Bonchev–Trinajstić information content (AvgIpc) is 3.52. The topological polar surface area (TPSA) is 94.8 Å². The van der Waals surface area contributed by atoms with Gasteiger partial charge in [0.05, 0.1) is 10.8 Å². The zero-order valence-electron chi connectivity index (χ0n) is 15.9. The zero-order valence-corrected chi connectivity index (χ0v) is 15.9. The van der Waals surface area contributed by atoms with Gasteiger partial charge in [-0.05, 0) is 81.4 Å². The molecule has 27 heavy (non-hydrogen) atoms. The van der Waals surface area contributed by atoms with Gasteiger partial charge in [-0.15, -0.1) is 0 Å². The number of carbonyl (C=O) groups is 2.